The van der Waals surface area contributed by atoms with Gasteiger partial charge in [-0.1, -0.05) is 6.92 Å². The highest BCUT2D eigenvalue weighted by Gasteiger charge is 2.46. The monoisotopic (exact) mass is 225 g/mol. The second kappa shape index (κ2) is 3.69. The van der Waals surface area contributed by atoms with Crippen LogP contribution < -0.4 is 5.56 Å². The minimum Gasteiger partial charge on any atom is -0.390 e. The second-order valence-electron chi connectivity index (χ2n) is 4.19. The molecule has 16 heavy (non-hydrogen) atoms. The van der Waals surface area contributed by atoms with E-state index in [4.69, 9.17) is 0 Å². The third-order valence-electron chi connectivity index (χ3n) is 3.34. The number of H-pyrrole nitrogens is 1. The Hall–Kier alpha value is -1.17. The zero-order valence-corrected chi connectivity index (χ0v) is 8.97. The Morgan fingerprint density at radius 2 is 2.25 bits per heavy atom. The van der Waals surface area contributed by atoms with Crippen LogP contribution in [0.1, 0.15) is 24.5 Å². The Balaban J connectivity index is 2.66. The summed E-state index contributed by atoms with van der Waals surface area (Å²) in [5.74, 6) is 0. The highest BCUT2D eigenvalue weighted by molar-refractivity contribution is 5.35. The molecule has 0 spiro atoms. The molecule has 0 radical (unpaired) electrons. The van der Waals surface area contributed by atoms with Crippen molar-refractivity contribution in [1.29, 1.82) is 0 Å². The Morgan fingerprint density at radius 3 is 2.88 bits per heavy atom. The largest absolute Gasteiger partial charge is 0.390 e. The predicted molar refractivity (Wildman–Crippen MR) is 57.0 cm³/mol. The summed E-state index contributed by atoms with van der Waals surface area (Å²) in [5.41, 5.74) is -1.10. The van der Waals surface area contributed by atoms with Gasteiger partial charge >= 0.3 is 0 Å². The Morgan fingerprint density at radius 1 is 1.56 bits per heavy atom. The van der Waals surface area contributed by atoms with Crippen LogP contribution in [0.5, 0.6) is 0 Å². The van der Waals surface area contributed by atoms with Crippen LogP contribution in [-0.4, -0.2) is 32.5 Å². The number of rotatable bonds is 1. The van der Waals surface area contributed by atoms with Crippen LogP contribution in [0.3, 0.4) is 0 Å². The van der Waals surface area contributed by atoms with Crippen LogP contribution in [-0.2, 0) is 12.0 Å². The zero-order valence-electron chi connectivity index (χ0n) is 8.97. The smallest absolute Gasteiger partial charge is 0.251 e. The van der Waals surface area contributed by atoms with Gasteiger partial charge in [0.25, 0.3) is 5.56 Å². The van der Waals surface area contributed by atoms with E-state index in [1.165, 1.54) is 6.20 Å². The molecule has 4 N–H and O–H groups in total. The standard InChI is InChI=1S/C11H15NO4/c1-2-11(16)7-3-4-12-10(15)6(7)5-8(13)9(11)14/h3-4,8-9,13-14,16H,2,5H2,1H3,(H,12,15)/t8-,9+,11+/m0/s1. The molecule has 2 rings (SSSR count). The van der Waals surface area contributed by atoms with E-state index in [0.29, 0.717) is 11.1 Å². The maximum Gasteiger partial charge on any atom is 0.251 e. The van der Waals surface area contributed by atoms with E-state index in [1.807, 2.05) is 0 Å². The van der Waals surface area contributed by atoms with Crippen molar-refractivity contribution in [3.05, 3.63) is 33.7 Å². The summed E-state index contributed by atoms with van der Waals surface area (Å²) in [5, 5.41) is 29.8. The minimum absolute atomic E-state index is 0.0645. The van der Waals surface area contributed by atoms with E-state index in [9.17, 15) is 20.1 Å². The number of aliphatic hydroxyl groups excluding tert-OH is 2. The predicted octanol–water partition coefficient (Wildman–Crippen LogP) is -0.750. The first-order chi connectivity index (χ1) is 7.50. The lowest BCUT2D eigenvalue weighted by atomic mass is 9.75. The second-order valence-corrected chi connectivity index (χ2v) is 4.19. The molecule has 0 aromatic carbocycles. The number of aliphatic hydroxyl groups is 3. The van der Waals surface area contributed by atoms with Crippen molar-refractivity contribution in [1.82, 2.24) is 4.98 Å². The molecule has 1 aromatic heterocycles. The molecular formula is C11H15NO4. The highest BCUT2D eigenvalue weighted by Crippen LogP contribution is 2.36. The molecule has 5 heteroatoms. The summed E-state index contributed by atoms with van der Waals surface area (Å²) in [6, 6.07) is 1.58. The molecule has 0 aliphatic heterocycles. The Labute approximate surface area is 92.4 Å². The molecule has 5 nitrogen and oxygen atoms in total. The highest BCUT2D eigenvalue weighted by atomic mass is 16.4. The van der Waals surface area contributed by atoms with E-state index in [2.05, 4.69) is 4.98 Å². The summed E-state index contributed by atoms with van der Waals surface area (Å²) in [6.45, 7) is 1.70. The van der Waals surface area contributed by atoms with E-state index in [0.717, 1.165) is 0 Å². The van der Waals surface area contributed by atoms with E-state index in [-0.39, 0.29) is 18.4 Å². The minimum atomic E-state index is -1.54. The number of aromatic nitrogens is 1. The molecule has 1 aliphatic rings. The average Bonchev–Trinajstić information content (AvgIpc) is 2.28. The molecule has 0 amide bonds. The maximum atomic E-state index is 11.6. The van der Waals surface area contributed by atoms with Crippen molar-refractivity contribution in [3.8, 4) is 0 Å². The fourth-order valence-corrected chi connectivity index (χ4v) is 2.32. The first-order valence-electron chi connectivity index (χ1n) is 5.30. The van der Waals surface area contributed by atoms with Gasteiger partial charge in [-0.05, 0) is 18.1 Å². The van der Waals surface area contributed by atoms with Crippen LogP contribution in [0.25, 0.3) is 0 Å². The van der Waals surface area contributed by atoms with Crippen molar-refractivity contribution in [2.24, 2.45) is 0 Å². The molecular weight excluding hydrogens is 210 g/mol. The van der Waals surface area contributed by atoms with E-state index >= 15 is 0 Å². The first-order valence-corrected chi connectivity index (χ1v) is 5.30. The fourth-order valence-electron chi connectivity index (χ4n) is 2.32. The summed E-state index contributed by atoms with van der Waals surface area (Å²) in [7, 11) is 0. The number of aromatic amines is 1. The topological polar surface area (TPSA) is 93.5 Å². The van der Waals surface area contributed by atoms with Crippen LogP contribution in [0.15, 0.2) is 17.1 Å². The third kappa shape index (κ3) is 1.40. The SMILES string of the molecule is CC[C@@]1(O)c2cc[nH]c(=O)c2C[C@H](O)[C@H]1O. The molecule has 1 aromatic rings. The Bertz CT molecular complexity index is 456. The summed E-state index contributed by atoms with van der Waals surface area (Å²) >= 11 is 0. The van der Waals surface area contributed by atoms with Crippen LogP contribution in [0.2, 0.25) is 0 Å². The van der Waals surface area contributed by atoms with Crippen molar-refractivity contribution >= 4 is 0 Å². The van der Waals surface area contributed by atoms with Gasteiger partial charge in [0, 0.05) is 18.2 Å². The van der Waals surface area contributed by atoms with Gasteiger partial charge in [0.1, 0.15) is 11.7 Å². The molecule has 1 heterocycles. The molecule has 0 fully saturated rings. The van der Waals surface area contributed by atoms with Crippen molar-refractivity contribution in [2.75, 3.05) is 0 Å². The molecule has 3 atom stereocenters. The number of pyridine rings is 1. The van der Waals surface area contributed by atoms with Crippen molar-refractivity contribution in [3.63, 3.8) is 0 Å². The van der Waals surface area contributed by atoms with Gasteiger partial charge in [-0.15, -0.1) is 0 Å². The molecule has 0 saturated carbocycles. The third-order valence-corrected chi connectivity index (χ3v) is 3.34. The quantitative estimate of drug-likeness (QED) is 0.506. The lowest BCUT2D eigenvalue weighted by molar-refractivity contribution is -0.140. The van der Waals surface area contributed by atoms with Crippen LogP contribution in [0.4, 0.5) is 0 Å². The van der Waals surface area contributed by atoms with Crippen LogP contribution >= 0.6 is 0 Å². The van der Waals surface area contributed by atoms with E-state index < -0.39 is 17.8 Å². The average molecular weight is 225 g/mol. The molecule has 0 unspecified atom stereocenters. The van der Waals surface area contributed by atoms with Gasteiger partial charge < -0.3 is 20.3 Å². The summed E-state index contributed by atoms with van der Waals surface area (Å²) < 4.78 is 0. The molecule has 0 saturated heterocycles. The Kier molecular flexibility index (Phi) is 2.61. The van der Waals surface area contributed by atoms with Crippen molar-refractivity contribution in [2.45, 2.75) is 37.6 Å². The van der Waals surface area contributed by atoms with Gasteiger partial charge in [-0.3, -0.25) is 4.79 Å². The van der Waals surface area contributed by atoms with Gasteiger partial charge in [0.2, 0.25) is 0 Å². The maximum absolute atomic E-state index is 11.6. The summed E-state index contributed by atoms with van der Waals surface area (Å²) in [4.78, 5) is 14.1. The number of hydrogen-bond donors (Lipinski definition) is 4. The first kappa shape index (κ1) is 11.3. The van der Waals surface area contributed by atoms with Crippen molar-refractivity contribution < 1.29 is 15.3 Å². The molecule has 0 bridgehead atoms. The number of fused-ring (bicyclic) bond motifs is 1. The van der Waals surface area contributed by atoms with E-state index in [1.54, 1.807) is 13.0 Å². The van der Waals surface area contributed by atoms with Gasteiger partial charge in [-0.2, -0.15) is 0 Å². The summed E-state index contributed by atoms with van der Waals surface area (Å²) in [6.07, 6.45) is -0.629. The lowest BCUT2D eigenvalue weighted by Gasteiger charge is -2.40. The van der Waals surface area contributed by atoms with Gasteiger partial charge in [-0.25, -0.2) is 0 Å². The fraction of sp³-hybridized carbons (Fsp3) is 0.545. The normalized spacial score (nSPS) is 33.5. The molecule has 88 valence electrons. The number of hydrogen-bond acceptors (Lipinski definition) is 4. The lowest BCUT2D eigenvalue weighted by Crippen LogP contribution is -2.52. The van der Waals surface area contributed by atoms with Gasteiger partial charge in [0.15, 0.2) is 0 Å². The number of nitrogens with one attached hydrogen (secondary N) is 1. The van der Waals surface area contributed by atoms with Gasteiger partial charge in [0.05, 0.1) is 6.10 Å². The molecule has 1 aliphatic carbocycles. The zero-order chi connectivity index (χ0) is 11.9. The van der Waals surface area contributed by atoms with Crippen LogP contribution in [0, 0.1) is 0 Å².